The van der Waals surface area contributed by atoms with Crippen LogP contribution in [-0.4, -0.2) is 6.61 Å². The van der Waals surface area contributed by atoms with Gasteiger partial charge in [-0.25, -0.2) is 0 Å². The number of benzene rings is 1. The van der Waals surface area contributed by atoms with Gasteiger partial charge in [0.05, 0.1) is 11.6 Å². The van der Waals surface area contributed by atoms with Crippen LogP contribution < -0.4 is 4.74 Å². The van der Waals surface area contributed by atoms with E-state index in [1.165, 1.54) is 57.8 Å². The van der Waals surface area contributed by atoms with Crippen molar-refractivity contribution in [3.8, 4) is 11.8 Å². The Bertz CT molecular complexity index is 518. The Morgan fingerprint density at radius 3 is 2.50 bits per heavy atom. The standard InChI is InChI=1S/C22H31NO/c1-2-3-4-5-7-19-9-11-20(12-10-19)8-6-17-24-22-15-13-21(18-23)14-16-22/h6,8,13-16,19-20H,2-5,7,9-12,17H2,1H3/b8-6+/t19-,20-. The van der Waals surface area contributed by atoms with Gasteiger partial charge in [0, 0.05) is 0 Å². The lowest BCUT2D eigenvalue weighted by molar-refractivity contribution is 0.287. The van der Waals surface area contributed by atoms with Gasteiger partial charge in [0.2, 0.25) is 0 Å². The molecule has 1 fully saturated rings. The second-order valence-corrected chi connectivity index (χ2v) is 7.01. The number of rotatable bonds is 9. The van der Waals surface area contributed by atoms with Crippen LogP contribution in [0.2, 0.25) is 0 Å². The first kappa shape index (κ1) is 18.6. The molecule has 0 spiro atoms. The zero-order valence-corrected chi connectivity index (χ0v) is 15.0. The number of unbranched alkanes of at least 4 members (excludes halogenated alkanes) is 3. The van der Waals surface area contributed by atoms with Gasteiger partial charge >= 0.3 is 0 Å². The number of hydrogen-bond donors (Lipinski definition) is 0. The SMILES string of the molecule is CCCCCC[C@H]1CC[C@H](/C=C/COc2ccc(C#N)cc2)CC1. The van der Waals surface area contributed by atoms with E-state index in [4.69, 9.17) is 10.00 Å². The van der Waals surface area contributed by atoms with Crippen LogP contribution >= 0.6 is 0 Å². The van der Waals surface area contributed by atoms with Gasteiger partial charge in [0.25, 0.3) is 0 Å². The number of ether oxygens (including phenoxy) is 1. The van der Waals surface area contributed by atoms with Crippen LogP contribution in [0, 0.1) is 23.2 Å². The topological polar surface area (TPSA) is 33.0 Å². The summed E-state index contributed by atoms with van der Waals surface area (Å²) in [5, 5.41) is 8.78. The Morgan fingerprint density at radius 1 is 1.08 bits per heavy atom. The molecule has 0 unspecified atom stereocenters. The number of nitrogens with zero attached hydrogens (tertiary/aromatic N) is 1. The summed E-state index contributed by atoms with van der Waals surface area (Å²) in [6.07, 6.45) is 17.0. The maximum absolute atomic E-state index is 8.78. The average molecular weight is 325 g/mol. The molecule has 0 bridgehead atoms. The first-order chi connectivity index (χ1) is 11.8. The third-order valence-electron chi connectivity index (χ3n) is 5.10. The molecule has 1 aromatic carbocycles. The molecule has 0 aliphatic heterocycles. The van der Waals surface area contributed by atoms with Crippen molar-refractivity contribution in [1.82, 2.24) is 0 Å². The Kier molecular flexibility index (Phi) is 8.46. The maximum atomic E-state index is 8.78. The third-order valence-corrected chi connectivity index (χ3v) is 5.10. The van der Waals surface area contributed by atoms with E-state index in [9.17, 15) is 0 Å². The Balaban J connectivity index is 1.59. The van der Waals surface area contributed by atoms with Gasteiger partial charge in [-0.3, -0.25) is 0 Å². The fraction of sp³-hybridized carbons (Fsp3) is 0.591. The molecule has 0 amide bonds. The minimum Gasteiger partial charge on any atom is -0.490 e. The lowest BCUT2D eigenvalue weighted by Gasteiger charge is -2.26. The summed E-state index contributed by atoms with van der Waals surface area (Å²) in [5.74, 6) is 2.54. The summed E-state index contributed by atoms with van der Waals surface area (Å²) in [4.78, 5) is 0. The molecule has 0 N–H and O–H groups in total. The van der Waals surface area contributed by atoms with Crippen LogP contribution in [-0.2, 0) is 0 Å². The predicted octanol–water partition coefficient (Wildman–Crippen LogP) is 6.27. The zero-order chi connectivity index (χ0) is 17.0. The van der Waals surface area contributed by atoms with E-state index in [1.807, 2.05) is 12.1 Å². The molecular formula is C22H31NO. The first-order valence-electron chi connectivity index (χ1n) is 9.61. The second kappa shape index (κ2) is 10.9. The van der Waals surface area contributed by atoms with Crippen molar-refractivity contribution in [2.45, 2.75) is 64.7 Å². The summed E-state index contributed by atoms with van der Waals surface area (Å²) in [7, 11) is 0. The van der Waals surface area contributed by atoms with Crippen molar-refractivity contribution in [2.75, 3.05) is 6.61 Å². The summed E-state index contributed by atoms with van der Waals surface area (Å²) in [6, 6.07) is 9.42. The maximum Gasteiger partial charge on any atom is 0.119 e. The first-order valence-corrected chi connectivity index (χ1v) is 9.61. The molecule has 1 aromatic rings. The highest BCUT2D eigenvalue weighted by Gasteiger charge is 2.18. The van der Waals surface area contributed by atoms with Crippen LogP contribution in [0.5, 0.6) is 5.75 Å². The van der Waals surface area contributed by atoms with Crippen LogP contribution in [0.3, 0.4) is 0 Å². The Labute approximate surface area is 147 Å². The molecular weight excluding hydrogens is 294 g/mol. The van der Waals surface area contributed by atoms with Crippen LogP contribution in [0.25, 0.3) is 0 Å². The van der Waals surface area contributed by atoms with Crippen LogP contribution in [0.1, 0.15) is 70.3 Å². The zero-order valence-electron chi connectivity index (χ0n) is 15.0. The molecule has 2 nitrogen and oxygen atoms in total. The fourth-order valence-electron chi connectivity index (χ4n) is 3.55. The molecule has 1 saturated carbocycles. The molecule has 1 aliphatic carbocycles. The van der Waals surface area contributed by atoms with Crippen molar-refractivity contribution in [3.63, 3.8) is 0 Å². The minimum atomic E-state index is 0.614. The highest BCUT2D eigenvalue weighted by molar-refractivity contribution is 5.34. The molecule has 0 saturated heterocycles. The number of hydrogen-bond acceptors (Lipinski definition) is 2. The van der Waals surface area contributed by atoms with E-state index >= 15 is 0 Å². The van der Waals surface area contributed by atoms with Gasteiger partial charge in [0.1, 0.15) is 12.4 Å². The van der Waals surface area contributed by atoms with Gasteiger partial charge in [-0.2, -0.15) is 5.26 Å². The normalized spacial score (nSPS) is 20.8. The van der Waals surface area contributed by atoms with E-state index in [2.05, 4.69) is 25.1 Å². The highest BCUT2D eigenvalue weighted by atomic mass is 16.5. The van der Waals surface area contributed by atoms with Crippen LogP contribution in [0.4, 0.5) is 0 Å². The van der Waals surface area contributed by atoms with E-state index in [0.717, 1.165) is 17.6 Å². The lowest BCUT2D eigenvalue weighted by atomic mass is 9.79. The largest absolute Gasteiger partial charge is 0.490 e. The lowest BCUT2D eigenvalue weighted by Crippen LogP contribution is -2.13. The van der Waals surface area contributed by atoms with Crippen LogP contribution in [0.15, 0.2) is 36.4 Å². The third kappa shape index (κ3) is 6.79. The molecule has 130 valence electrons. The molecule has 2 rings (SSSR count). The van der Waals surface area contributed by atoms with E-state index in [-0.39, 0.29) is 0 Å². The molecule has 1 aliphatic rings. The van der Waals surface area contributed by atoms with Gasteiger partial charge in [-0.05, 0) is 61.8 Å². The summed E-state index contributed by atoms with van der Waals surface area (Å²) >= 11 is 0. The summed E-state index contributed by atoms with van der Waals surface area (Å²) in [6.45, 7) is 2.89. The van der Waals surface area contributed by atoms with Gasteiger partial charge in [-0.15, -0.1) is 0 Å². The van der Waals surface area contributed by atoms with Crippen molar-refractivity contribution in [1.29, 1.82) is 5.26 Å². The van der Waals surface area contributed by atoms with E-state index in [0.29, 0.717) is 12.2 Å². The Morgan fingerprint density at radius 2 is 1.83 bits per heavy atom. The quantitative estimate of drug-likeness (QED) is 0.396. The van der Waals surface area contributed by atoms with Gasteiger partial charge < -0.3 is 4.74 Å². The fourth-order valence-corrected chi connectivity index (χ4v) is 3.55. The van der Waals surface area contributed by atoms with Crippen molar-refractivity contribution < 1.29 is 4.74 Å². The molecule has 0 heterocycles. The van der Waals surface area contributed by atoms with Gasteiger partial charge in [0.15, 0.2) is 0 Å². The monoisotopic (exact) mass is 325 g/mol. The predicted molar refractivity (Wildman–Crippen MR) is 100.0 cm³/mol. The molecule has 24 heavy (non-hydrogen) atoms. The molecule has 0 atom stereocenters. The smallest absolute Gasteiger partial charge is 0.119 e. The minimum absolute atomic E-state index is 0.614. The number of nitriles is 1. The molecule has 0 aromatic heterocycles. The summed E-state index contributed by atoms with van der Waals surface area (Å²) in [5.41, 5.74) is 0.671. The van der Waals surface area contributed by atoms with E-state index in [1.54, 1.807) is 12.1 Å². The average Bonchev–Trinajstić information content (AvgIpc) is 2.64. The van der Waals surface area contributed by atoms with Gasteiger partial charge in [-0.1, -0.05) is 51.2 Å². The van der Waals surface area contributed by atoms with Crippen molar-refractivity contribution >= 4 is 0 Å². The Hall–Kier alpha value is -1.75. The second-order valence-electron chi connectivity index (χ2n) is 7.01. The van der Waals surface area contributed by atoms with Crippen molar-refractivity contribution in [3.05, 3.63) is 42.0 Å². The summed E-state index contributed by atoms with van der Waals surface area (Å²) < 4.78 is 5.70. The molecule has 0 radical (unpaired) electrons. The molecule has 2 heteroatoms. The van der Waals surface area contributed by atoms with E-state index < -0.39 is 0 Å². The highest BCUT2D eigenvalue weighted by Crippen LogP contribution is 2.32. The number of allylic oxidation sites excluding steroid dienone is 1. The van der Waals surface area contributed by atoms with Crippen molar-refractivity contribution in [2.24, 2.45) is 11.8 Å².